The van der Waals surface area contributed by atoms with Crippen LogP contribution in [-0.4, -0.2) is 4.33 Å². The molecule has 1 aromatic carbocycles. The number of unbranched alkanes of at least 4 members (excludes halogenated alkanes) is 5. The van der Waals surface area contributed by atoms with Gasteiger partial charge in [-0.05, 0) is 44.1 Å². The van der Waals surface area contributed by atoms with Gasteiger partial charge in [0.1, 0.15) is 4.33 Å². The highest BCUT2D eigenvalue weighted by Gasteiger charge is 2.28. The topological polar surface area (TPSA) is 0 Å². The Morgan fingerprint density at radius 2 is 1.45 bits per heavy atom. The van der Waals surface area contributed by atoms with Crippen LogP contribution in [0.15, 0.2) is 30.3 Å². The van der Waals surface area contributed by atoms with Crippen LogP contribution in [0.4, 0.5) is 0 Å². The van der Waals surface area contributed by atoms with Gasteiger partial charge in [0.2, 0.25) is 0 Å². The summed E-state index contributed by atoms with van der Waals surface area (Å²) in [6.07, 6.45) is 12.5. The molecule has 0 aliphatic heterocycles. The summed E-state index contributed by atoms with van der Waals surface area (Å²) in [6, 6.07) is 10.7. The minimum Gasteiger partial charge on any atom is -0.102 e. The lowest BCUT2D eigenvalue weighted by Crippen LogP contribution is -2.22. The molecule has 0 amide bonds. The molecule has 0 aromatic heterocycles. The van der Waals surface area contributed by atoms with Gasteiger partial charge in [-0.15, -0.1) is 23.2 Å². The number of halogens is 2. The molecule has 0 spiro atoms. The van der Waals surface area contributed by atoms with E-state index >= 15 is 0 Å². The Morgan fingerprint density at radius 3 is 2.09 bits per heavy atom. The van der Waals surface area contributed by atoms with E-state index in [1.54, 1.807) is 0 Å². The quantitative estimate of drug-likeness (QED) is 0.271. The highest BCUT2D eigenvalue weighted by molar-refractivity contribution is 6.48. The van der Waals surface area contributed by atoms with Crippen molar-refractivity contribution in [2.24, 2.45) is 5.92 Å². The van der Waals surface area contributed by atoms with Gasteiger partial charge >= 0.3 is 0 Å². The normalized spacial score (nSPS) is 13.3. The Bertz CT molecular complexity index is 367. The third kappa shape index (κ3) is 9.06. The van der Waals surface area contributed by atoms with E-state index in [-0.39, 0.29) is 0 Å². The summed E-state index contributed by atoms with van der Waals surface area (Å²) < 4.78 is -0.597. The summed E-state index contributed by atoms with van der Waals surface area (Å²) in [5.74, 6) is 0.408. The molecule has 1 rings (SSSR count). The molecule has 22 heavy (non-hydrogen) atoms. The van der Waals surface area contributed by atoms with Crippen molar-refractivity contribution in [3.05, 3.63) is 35.9 Å². The Balaban J connectivity index is 2.26. The minimum absolute atomic E-state index is 0.408. The van der Waals surface area contributed by atoms with Crippen molar-refractivity contribution >= 4 is 23.2 Å². The van der Waals surface area contributed by atoms with Crippen molar-refractivity contribution in [3.63, 3.8) is 0 Å². The van der Waals surface area contributed by atoms with Crippen molar-refractivity contribution in [1.82, 2.24) is 0 Å². The van der Waals surface area contributed by atoms with E-state index in [1.807, 2.05) is 6.92 Å². The Kier molecular flexibility index (Phi) is 10.2. The van der Waals surface area contributed by atoms with Gasteiger partial charge in [-0.3, -0.25) is 0 Å². The zero-order chi connectivity index (χ0) is 16.3. The van der Waals surface area contributed by atoms with E-state index in [4.69, 9.17) is 23.2 Å². The molecule has 0 aliphatic carbocycles. The molecular weight excluding hydrogens is 311 g/mol. The molecule has 0 saturated carbocycles. The van der Waals surface area contributed by atoms with E-state index in [2.05, 4.69) is 37.3 Å². The number of hydrogen-bond donors (Lipinski definition) is 0. The second kappa shape index (κ2) is 11.4. The first kappa shape index (κ1) is 19.8. The second-order valence-corrected chi connectivity index (χ2v) is 8.35. The molecule has 0 radical (unpaired) electrons. The van der Waals surface area contributed by atoms with Crippen molar-refractivity contribution in [3.8, 4) is 0 Å². The Morgan fingerprint density at radius 1 is 0.864 bits per heavy atom. The number of rotatable bonds is 12. The highest BCUT2D eigenvalue weighted by Crippen LogP contribution is 2.36. The molecule has 0 aliphatic rings. The van der Waals surface area contributed by atoms with Crippen LogP contribution in [0.1, 0.15) is 77.2 Å². The zero-order valence-electron chi connectivity index (χ0n) is 14.3. The zero-order valence-corrected chi connectivity index (χ0v) is 15.8. The van der Waals surface area contributed by atoms with Gasteiger partial charge in [0, 0.05) is 0 Å². The summed E-state index contributed by atoms with van der Waals surface area (Å²) >= 11 is 12.8. The summed E-state index contributed by atoms with van der Waals surface area (Å²) in [7, 11) is 0. The summed E-state index contributed by atoms with van der Waals surface area (Å²) in [6.45, 7) is 4.22. The maximum Gasteiger partial charge on any atom is 0.118 e. The second-order valence-electron chi connectivity index (χ2n) is 6.59. The first-order chi connectivity index (χ1) is 10.5. The number of hydrogen-bond acceptors (Lipinski definition) is 0. The molecule has 0 fully saturated rings. The predicted molar refractivity (Wildman–Crippen MR) is 101 cm³/mol. The lowest BCUT2D eigenvalue weighted by Gasteiger charge is -2.26. The van der Waals surface area contributed by atoms with Gasteiger partial charge in [-0.1, -0.05) is 75.8 Å². The van der Waals surface area contributed by atoms with Gasteiger partial charge in [-0.25, -0.2) is 0 Å². The van der Waals surface area contributed by atoms with E-state index in [1.165, 1.54) is 50.5 Å². The van der Waals surface area contributed by atoms with Gasteiger partial charge < -0.3 is 0 Å². The predicted octanol–water partition coefficient (Wildman–Crippen LogP) is 7.57. The maximum atomic E-state index is 6.41. The average molecular weight is 343 g/mol. The summed E-state index contributed by atoms with van der Waals surface area (Å²) in [5.41, 5.74) is 1.41. The van der Waals surface area contributed by atoms with E-state index in [9.17, 15) is 0 Å². The van der Waals surface area contributed by atoms with Crippen LogP contribution >= 0.6 is 23.2 Å². The van der Waals surface area contributed by atoms with Crippen LogP contribution in [-0.2, 0) is 6.42 Å². The van der Waals surface area contributed by atoms with E-state index in [0.29, 0.717) is 5.92 Å². The van der Waals surface area contributed by atoms with Gasteiger partial charge in [-0.2, -0.15) is 0 Å². The van der Waals surface area contributed by atoms with Crippen LogP contribution in [0.3, 0.4) is 0 Å². The highest BCUT2D eigenvalue weighted by atomic mass is 35.5. The molecule has 1 unspecified atom stereocenters. The maximum absolute atomic E-state index is 6.41. The van der Waals surface area contributed by atoms with E-state index in [0.717, 1.165) is 19.3 Å². The summed E-state index contributed by atoms with van der Waals surface area (Å²) in [5, 5.41) is 0. The first-order valence-corrected chi connectivity index (χ1v) is 9.71. The van der Waals surface area contributed by atoms with Gasteiger partial charge in [0.15, 0.2) is 0 Å². The van der Waals surface area contributed by atoms with Gasteiger partial charge in [0.05, 0.1) is 0 Å². The lowest BCUT2D eigenvalue weighted by atomic mass is 9.91. The molecule has 0 bridgehead atoms. The SMILES string of the molecule is CCCCCCCCC(CCCc1ccccc1)C(C)(Cl)Cl. The van der Waals surface area contributed by atoms with Crippen LogP contribution in [0, 0.1) is 5.92 Å². The van der Waals surface area contributed by atoms with Crippen molar-refractivity contribution in [1.29, 1.82) is 0 Å². The fraction of sp³-hybridized carbons (Fsp3) is 0.700. The Labute approximate surface area is 147 Å². The monoisotopic (exact) mass is 342 g/mol. The standard InChI is InChI=1S/C20H32Cl2/c1-3-4-5-6-7-11-16-19(20(2,21)22)17-12-15-18-13-9-8-10-14-18/h8-10,13-14,19H,3-7,11-12,15-17H2,1-2H3. The Hall–Kier alpha value is -0.200. The van der Waals surface area contributed by atoms with Gasteiger partial charge in [0.25, 0.3) is 0 Å². The molecule has 0 heterocycles. The first-order valence-electron chi connectivity index (χ1n) is 8.95. The lowest BCUT2D eigenvalue weighted by molar-refractivity contribution is 0.385. The van der Waals surface area contributed by atoms with Crippen molar-refractivity contribution in [2.75, 3.05) is 0 Å². The molecule has 0 N–H and O–H groups in total. The molecule has 2 heteroatoms. The van der Waals surface area contributed by atoms with Crippen molar-refractivity contribution in [2.45, 2.75) is 82.4 Å². The van der Waals surface area contributed by atoms with Crippen LogP contribution in [0.5, 0.6) is 0 Å². The number of alkyl halides is 2. The number of aryl methyl sites for hydroxylation is 1. The fourth-order valence-electron chi connectivity index (χ4n) is 3.02. The van der Waals surface area contributed by atoms with Crippen LogP contribution < -0.4 is 0 Å². The minimum atomic E-state index is -0.597. The molecule has 0 saturated heterocycles. The average Bonchev–Trinajstić information content (AvgIpc) is 2.49. The van der Waals surface area contributed by atoms with Crippen LogP contribution in [0.25, 0.3) is 0 Å². The largest absolute Gasteiger partial charge is 0.118 e. The smallest absolute Gasteiger partial charge is 0.102 e. The molecular formula is C20H32Cl2. The molecule has 1 atom stereocenters. The molecule has 0 nitrogen and oxygen atoms in total. The fourth-order valence-corrected chi connectivity index (χ4v) is 3.46. The van der Waals surface area contributed by atoms with E-state index < -0.39 is 4.33 Å². The third-order valence-electron chi connectivity index (χ3n) is 4.48. The molecule has 1 aromatic rings. The molecule has 126 valence electrons. The third-order valence-corrected chi connectivity index (χ3v) is 5.10. The van der Waals surface area contributed by atoms with Crippen molar-refractivity contribution < 1.29 is 0 Å². The summed E-state index contributed by atoms with van der Waals surface area (Å²) in [4.78, 5) is 0. The van der Waals surface area contributed by atoms with Crippen LogP contribution in [0.2, 0.25) is 0 Å². The number of benzene rings is 1.